The molecule has 0 bridgehead atoms. The molecule has 1 aromatic carbocycles. The molecule has 2 aliphatic heterocycles. The van der Waals surface area contributed by atoms with Gasteiger partial charge in [-0.15, -0.1) is 0 Å². The number of amides is 1. The zero-order valence-corrected chi connectivity index (χ0v) is 20.7. The van der Waals surface area contributed by atoms with Gasteiger partial charge in [0.25, 0.3) is 0 Å². The summed E-state index contributed by atoms with van der Waals surface area (Å²) < 4.78 is 11.4. The van der Waals surface area contributed by atoms with Crippen LogP contribution in [0.15, 0.2) is 22.7 Å². The first-order chi connectivity index (χ1) is 15.9. The number of benzene rings is 1. The Morgan fingerprint density at radius 2 is 1.88 bits per heavy atom. The van der Waals surface area contributed by atoms with E-state index in [-0.39, 0.29) is 6.09 Å². The molecule has 1 amide bonds. The second-order valence-corrected chi connectivity index (χ2v) is 10.5. The predicted octanol–water partition coefficient (Wildman–Crippen LogP) is 6.43. The first-order valence-corrected chi connectivity index (χ1v) is 12.6. The van der Waals surface area contributed by atoms with E-state index < -0.39 is 5.60 Å². The number of likely N-dealkylation sites (tertiary alicyclic amines) is 1. The molecular weight excluding hydrogens is 414 g/mol. The molecule has 6 heteroatoms. The molecule has 0 saturated carbocycles. The Balaban J connectivity index is 1.40. The van der Waals surface area contributed by atoms with Gasteiger partial charge in [-0.2, -0.15) is 0 Å². The number of hydrogen-bond acceptors (Lipinski definition) is 5. The van der Waals surface area contributed by atoms with Gasteiger partial charge in [0, 0.05) is 42.8 Å². The highest BCUT2D eigenvalue weighted by Crippen LogP contribution is 2.34. The second-order valence-electron chi connectivity index (χ2n) is 10.5. The summed E-state index contributed by atoms with van der Waals surface area (Å²) >= 11 is 0. The van der Waals surface area contributed by atoms with Gasteiger partial charge in [0.15, 0.2) is 5.58 Å². The number of anilines is 1. The quantitative estimate of drug-likeness (QED) is 0.522. The van der Waals surface area contributed by atoms with Crippen LogP contribution in [-0.2, 0) is 11.2 Å². The fraction of sp³-hybridized carbons (Fsp3) is 0.630. The average Bonchev–Trinajstić information content (AvgIpc) is 3.21. The van der Waals surface area contributed by atoms with Gasteiger partial charge in [0.2, 0.25) is 0 Å². The number of carbonyl (C=O) groups excluding carboxylic acids is 1. The molecule has 2 saturated heterocycles. The topological polar surface area (TPSA) is 58.8 Å². The summed E-state index contributed by atoms with van der Waals surface area (Å²) in [6, 6.07) is 4.45. The van der Waals surface area contributed by atoms with Crippen molar-refractivity contribution >= 4 is 28.8 Å². The average molecular weight is 454 g/mol. The zero-order valence-electron chi connectivity index (χ0n) is 20.7. The van der Waals surface area contributed by atoms with Crippen LogP contribution < -0.4 is 4.90 Å². The lowest BCUT2D eigenvalue weighted by molar-refractivity contribution is 0.0181. The molecule has 2 aliphatic rings. The predicted molar refractivity (Wildman–Crippen MR) is 134 cm³/mol. The maximum Gasteiger partial charge on any atom is 0.410 e. The molecule has 4 rings (SSSR count). The SMILES string of the molecule is C/C=C\c1c(N2CCCCC2)ccc2c(CCC3CCN(C(=O)OC(C)(C)C)CC3)noc12. The van der Waals surface area contributed by atoms with E-state index in [0.29, 0.717) is 5.92 Å². The van der Waals surface area contributed by atoms with Crippen molar-refractivity contribution in [1.29, 1.82) is 0 Å². The molecule has 0 atom stereocenters. The summed E-state index contributed by atoms with van der Waals surface area (Å²) in [7, 11) is 0. The van der Waals surface area contributed by atoms with Gasteiger partial charge in [-0.25, -0.2) is 4.79 Å². The van der Waals surface area contributed by atoms with Crippen LogP contribution in [0, 0.1) is 5.92 Å². The Kier molecular flexibility index (Phi) is 7.30. The van der Waals surface area contributed by atoms with E-state index in [4.69, 9.17) is 9.26 Å². The molecular formula is C27H39N3O3. The van der Waals surface area contributed by atoms with Crippen molar-refractivity contribution in [3.8, 4) is 0 Å². The van der Waals surface area contributed by atoms with Gasteiger partial charge in [-0.1, -0.05) is 17.3 Å². The van der Waals surface area contributed by atoms with Gasteiger partial charge >= 0.3 is 6.09 Å². The number of carbonyl (C=O) groups is 1. The summed E-state index contributed by atoms with van der Waals surface area (Å²) in [5, 5.41) is 5.61. The highest BCUT2D eigenvalue weighted by Gasteiger charge is 2.27. The van der Waals surface area contributed by atoms with Gasteiger partial charge in [0.05, 0.1) is 5.69 Å². The number of ether oxygens (including phenoxy) is 1. The molecule has 2 fully saturated rings. The summed E-state index contributed by atoms with van der Waals surface area (Å²) in [5.74, 6) is 0.595. The third kappa shape index (κ3) is 5.71. The van der Waals surface area contributed by atoms with Crippen LogP contribution in [0.2, 0.25) is 0 Å². The van der Waals surface area contributed by atoms with Gasteiger partial charge in [-0.3, -0.25) is 0 Å². The van der Waals surface area contributed by atoms with Crippen molar-refractivity contribution < 1.29 is 14.1 Å². The van der Waals surface area contributed by atoms with E-state index in [1.54, 1.807) is 0 Å². The first kappa shape index (κ1) is 23.7. The van der Waals surface area contributed by atoms with Crippen LogP contribution in [0.3, 0.4) is 0 Å². The molecule has 2 aromatic rings. The molecule has 0 aliphatic carbocycles. The number of nitrogens with zero attached hydrogens (tertiary/aromatic N) is 3. The van der Waals surface area contributed by atoms with Crippen LogP contribution in [0.4, 0.5) is 10.5 Å². The van der Waals surface area contributed by atoms with Crippen molar-refractivity contribution in [3.05, 3.63) is 29.5 Å². The summed E-state index contributed by atoms with van der Waals surface area (Å²) in [6.07, 6.45) is 11.9. The van der Waals surface area contributed by atoms with Crippen LogP contribution in [0.1, 0.15) is 77.5 Å². The summed E-state index contributed by atoms with van der Waals surface area (Å²) in [6.45, 7) is 11.6. The lowest BCUT2D eigenvalue weighted by atomic mass is 9.91. The second kappa shape index (κ2) is 10.2. The number of piperidine rings is 2. The van der Waals surface area contributed by atoms with Crippen LogP contribution in [-0.4, -0.2) is 47.9 Å². The Hall–Kier alpha value is -2.50. The Morgan fingerprint density at radius 3 is 2.55 bits per heavy atom. The lowest BCUT2D eigenvalue weighted by Gasteiger charge is -2.33. The third-order valence-electron chi connectivity index (χ3n) is 6.82. The molecule has 180 valence electrons. The van der Waals surface area contributed by atoms with Crippen molar-refractivity contribution in [1.82, 2.24) is 10.1 Å². The monoisotopic (exact) mass is 453 g/mol. The number of rotatable bonds is 5. The number of aryl methyl sites for hydroxylation is 1. The van der Waals surface area contributed by atoms with E-state index in [2.05, 4.69) is 41.3 Å². The summed E-state index contributed by atoms with van der Waals surface area (Å²) in [5.41, 5.74) is 3.93. The Bertz CT molecular complexity index is 974. The van der Waals surface area contributed by atoms with Crippen molar-refractivity contribution in [2.75, 3.05) is 31.1 Å². The highest BCUT2D eigenvalue weighted by molar-refractivity contribution is 5.93. The molecule has 0 unspecified atom stereocenters. The van der Waals surface area contributed by atoms with E-state index in [1.807, 2.05) is 25.7 Å². The minimum Gasteiger partial charge on any atom is -0.444 e. The summed E-state index contributed by atoms with van der Waals surface area (Å²) in [4.78, 5) is 16.6. The molecule has 0 spiro atoms. The number of hydrogen-bond donors (Lipinski definition) is 0. The third-order valence-corrected chi connectivity index (χ3v) is 6.82. The highest BCUT2D eigenvalue weighted by atomic mass is 16.6. The Morgan fingerprint density at radius 1 is 1.15 bits per heavy atom. The van der Waals surface area contributed by atoms with E-state index in [1.165, 1.54) is 24.9 Å². The molecule has 1 aromatic heterocycles. The minimum atomic E-state index is -0.443. The lowest BCUT2D eigenvalue weighted by Crippen LogP contribution is -2.41. The van der Waals surface area contributed by atoms with Crippen LogP contribution >= 0.6 is 0 Å². The maximum absolute atomic E-state index is 12.3. The smallest absolute Gasteiger partial charge is 0.410 e. The van der Waals surface area contributed by atoms with Gasteiger partial charge < -0.3 is 19.1 Å². The van der Waals surface area contributed by atoms with Crippen LogP contribution in [0.25, 0.3) is 17.0 Å². The number of fused-ring (bicyclic) bond motifs is 1. The van der Waals surface area contributed by atoms with Crippen LogP contribution in [0.5, 0.6) is 0 Å². The van der Waals surface area contributed by atoms with E-state index in [9.17, 15) is 4.79 Å². The fourth-order valence-electron chi connectivity index (χ4n) is 5.05. The van der Waals surface area contributed by atoms with E-state index in [0.717, 1.165) is 74.1 Å². The molecule has 0 N–H and O–H groups in total. The van der Waals surface area contributed by atoms with Gasteiger partial charge in [-0.05, 0) is 90.7 Å². The molecule has 0 radical (unpaired) electrons. The standard InChI is InChI=1S/C27H39N3O3/c1-5-9-22-24(29-16-7-6-8-17-29)13-11-21-23(28-33-25(21)22)12-10-20-14-18-30(19-15-20)26(31)32-27(2,3)4/h5,9,11,13,20H,6-8,10,12,14-19H2,1-4H3/b9-5-. The van der Waals surface area contributed by atoms with E-state index >= 15 is 0 Å². The zero-order chi connectivity index (χ0) is 23.4. The number of aromatic nitrogens is 1. The molecule has 3 heterocycles. The number of allylic oxidation sites excluding steroid dienone is 1. The fourth-order valence-corrected chi connectivity index (χ4v) is 5.05. The molecule has 33 heavy (non-hydrogen) atoms. The minimum absolute atomic E-state index is 0.190. The largest absolute Gasteiger partial charge is 0.444 e. The Labute approximate surface area is 197 Å². The first-order valence-electron chi connectivity index (χ1n) is 12.6. The maximum atomic E-state index is 12.3. The molecule has 6 nitrogen and oxygen atoms in total. The normalized spacial score (nSPS) is 18.4. The van der Waals surface area contributed by atoms with Crippen molar-refractivity contribution in [2.24, 2.45) is 5.92 Å². The van der Waals surface area contributed by atoms with Crippen molar-refractivity contribution in [2.45, 2.75) is 78.2 Å². The van der Waals surface area contributed by atoms with Gasteiger partial charge in [0.1, 0.15) is 5.60 Å². The van der Waals surface area contributed by atoms with Crippen molar-refractivity contribution in [3.63, 3.8) is 0 Å².